The van der Waals surface area contributed by atoms with Crippen molar-refractivity contribution >= 4 is 5.82 Å². The molecule has 96 valence electrons. The minimum Gasteiger partial charge on any atom is -0.381 e. The maximum Gasteiger partial charge on any atom is 0.175 e. The van der Waals surface area contributed by atoms with Gasteiger partial charge in [-0.25, -0.2) is 4.39 Å². The SMILES string of the molecule is CCOCCc1onc(N)c1-c1ccccc1F. The fraction of sp³-hybridized carbons (Fsp3) is 0.308. The topological polar surface area (TPSA) is 61.3 Å². The van der Waals surface area contributed by atoms with E-state index in [9.17, 15) is 4.39 Å². The number of rotatable bonds is 5. The fourth-order valence-electron chi connectivity index (χ4n) is 1.77. The van der Waals surface area contributed by atoms with Gasteiger partial charge < -0.3 is 15.0 Å². The maximum absolute atomic E-state index is 13.7. The number of hydrogen-bond acceptors (Lipinski definition) is 4. The molecule has 5 heteroatoms. The van der Waals surface area contributed by atoms with Crippen molar-refractivity contribution in [1.82, 2.24) is 5.16 Å². The van der Waals surface area contributed by atoms with Gasteiger partial charge in [0, 0.05) is 18.6 Å². The molecular weight excluding hydrogens is 235 g/mol. The Bertz CT molecular complexity index is 525. The van der Waals surface area contributed by atoms with Crippen LogP contribution in [0.5, 0.6) is 0 Å². The van der Waals surface area contributed by atoms with E-state index in [0.717, 1.165) is 0 Å². The molecule has 0 amide bonds. The first-order chi connectivity index (χ1) is 8.74. The lowest BCUT2D eigenvalue weighted by atomic mass is 10.0. The summed E-state index contributed by atoms with van der Waals surface area (Å²) in [4.78, 5) is 0. The van der Waals surface area contributed by atoms with Crippen LogP contribution in [0.4, 0.5) is 10.2 Å². The lowest BCUT2D eigenvalue weighted by molar-refractivity contribution is 0.145. The van der Waals surface area contributed by atoms with E-state index >= 15 is 0 Å². The van der Waals surface area contributed by atoms with Crippen molar-refractivity contribution in [3.8, 4) is 11.1 Å². The van der Waals surface area contributed by atoms with E-state index < -0.39 is 0 Å². The molecule has 1 heterocycles. The number of nitrogens with two attached hydrogens (primary N) is 1. The summed E-state index contributed by atoms with van der Waals surface area (Å²) in [5.41, 5.74) is 6.66. The number of nitrogen functional groups attached to an aromatic ring is 1. The summed E-state index contributed by atoms with van der Waals surface area (Å²) in [6, 6.07) is 6.41. The Morgan fingerprint density at radius 3 is 2.89 bits per heavy atom. The molecule has 0 spiro atoms. The Morgan fingerprint density at radius 1 is 1.39 bits per heavy atom. The molecule has 0 unspecified atom stereocenters. The lowest BCUT2D eigenvalue weighted by Gasteiger charge is -2.04. The van der Waals surface area contributed by atoms with Crippen LogP contribution < -0.4 is 5.73 Å². The van der Waals surface area contributed by atoms with Crippen molar-refractivity contribution in [2.75, 3.05) is 18.9 Å². The summed E-state index contributed by atoms with van der Waals surface area (Å²) in [6.45, 7) is 3.03. The molecule has 0 atom stereocenters. The molecule has 1 aromatic carbocycles. The minimum atomic E-state index is -0.343. The Labute approximate surface area is 105 Å². The number of anilines is 1. The van der Waals surface area contributed by atoms with Crippen LogP contribution in [-0.4, -0.2) is 18.4 Å². The van der Waals surface area contributed by atoms with Crippen LogP contribution in [0.1, 0.15) is 12.7 Å². The standard InChI is InChI=1S/C13H15FN2O2/c1-2-17-8-7-11-12(13(15)16-18-11)9-5-3-4-6-10(9)14/h3-6H,2,7-8H2,1H3,(H2,15,16). The molecule has 0 fully saturated rings. The molecule has 4 nitrogen and oxygen atoms in total. The van der Waals surface area contributed by atoms with E-state index in [2.05, 4.69) is 5.16 Å². The third-order valence-corrected chi connectivity index (χ3v) is 2.61. The van der Waals surface area contributed by atoms with Crippen molar-refractivity contribution in [3.63, 3.8) is 0 Å². The van der Waals surface area contributed by atoms with E-state index in [1.807, 2.05) is 6.92 Å². The number of ether oxygens (including phenoxy) is 1. The highest BCUT2D eigenvalue weighted by Crippen LogP contribution is 2.31. The third-order valence-electron chi connectivity index (χ3n) is 2.61. The molecule has 0 saturated carbocycles. The molecule has 2 aromatic rings. The molecule has 0 bridgehead atoms. The van der Waals surface area contributed by atoms with Gasteiger partial charge in [-0.1, -0.05) is 23.4 Å². The van der Waals surface area contributed by atoms with Crippen molar-refractivity contribution in [1.29, 1.82) is 0 Å². The van der Waals surface area contributed by atoms with E-state index in [4.69, 9.17) is 15.0 Å². The molecule has 18 heavy (non-hydrogen) atoms. The monoisotopic (exact) mass is 250 g/mol. The number of benzene rings is 1. The molecule has 0 saturated heterocycles. The smallest absolute Gasteiger partial charge is 0.175 e. The van der Waals surface area contributed by atoms with E-state index in [1.54, 1.807) is 18.2 Å². The van der Waals surface area contributed by atoms with Crippen LogP contribution in [0.25, 0.3) is 11.1 Å². The zero-order chi connectivity index (χ0) is 13.0. The van der Waals surface area contributed by atoms with Crippen LogP contribution in [0.2, 0.25) is 0 Å². The third kappa shape index (κ3) is 2.51. The zero-order valence-corrected chi connectivity index (χ0v) is 10.1. The van der Waals surface area contributed by atoms with Crippen molar-refractivity contribution < 1.29 is 13.7 Å². The second kappa shape index (κ2) is 5.64. The van der Waals surface area contributed by atoms with E-state index in [1.165, 1.54) is 6.07 Å². The van der Waals surface area contributed by atoms with Crippen LogP contribution in [0.15, 0.2) is 28.8 Å². The van der Waals surface area contributed by atoms with Crippen molar-refractivity contribution in [2.24, 2.45) is 0 Å². The van der Waals surface area contributed by atoms with Gasteiger partial charge in [0.15, 0.2) is 5.82 Å². The predicted octanol–water partition coefficient (Wildman–Crippen LogP) is 2.64. The van der Waals surface area contributed by atoms with Gasteiger partial charge >= 0.3 is 0 Å². The van der Waals surface area contributed by atoms with Crippen LogP contribution in [0, 0.1) is 5.82 Å². The summed E-state index contributed by atoms with van der Waals surface area (Å²) in [6.07, 6.45) is 0.516. The first kappa shape index (κ1) is 12.6. The summed E-state index contributed by atoms with van der Waals surface area (Å²) in [5.74, 6) is 0.405. The molecule has 0 aliphatic rings. The second-order valence-electron chi connectivity index (χ2n) is 3.79. The van der Waals surface area contributed by atoms with Gasteiger partial charge in [-0.3, -0.25) is 0 Å². The first-order valence-electron chi connectivity index (χ1n) is 5.80. The number of nitrogens with zero attached hydrogens (tertiary/aromatic N) is 1. The van der Waals surface area contributed by atoms with Gasteiger partial charge in [0.1, 0.15) is 11.6 Å². The van der Waals surface area contributed by atoms with Crippen LogP contribution >= 0.6 is 0 Å². The molecule has 2 N–H and O–H groups in total. The van der Waals surface area contributed by atoms with Gasteiger partial charge in [0.05, 0.1) is 12.2 Å². The quantitative estimate of drug-likeness (QED) is 0.829. The zero-order valence-electron chi connectivity index (χ0n) is 10.1. The average molecular weight is 250 g/mol. The van der Waals surface area contributed by atoms with Crippen molar-refractivity contribution in [2.45, 2.75) is 13.3 Å². The van der Waals surface area contributed by atoms with Gasteiger partial charge in [-0.2, -0.15) is 0 Å². The van der Waals surface area contributed by atoms with Crippen LogP contribution in [0.3, 0.4) is 0 Å². The Hall–Kier alpha value is -1.88. The summed E-state index contributed by atoms with van der Waals surface area (Å²) in [5, 5.41) is 3.69. The molecule has 2 rings (SSSR count). The minimum absolute atomic E-state index is 0.201. The van der Waals surface area contributed by atoms with Gasteiger partial charge in [-0.05, 0) is 13.0 Å². The normalized spacial score (nSPS) is 10.8. The second-order valence-corrected chi connectivity index (χ2v) is 3.79. The number of hydrogen-bond donors (Lipinski definition) is 1. The van der Waals surface area contributed by atoms with E-state index in [0.29, 0.717) is 36.5 Å². The van der Waals surface area contributed by atoms with Gasteiger partial charge in [0.2, 0.25) is 0 Å². The Morgan fingerprint density at radius 2 is 2.17 bits per heavy atom. The molecule has 0 aliphatic carbocycles. The number of halogens is 1. The highest BCUT2D eigenvalue weighted by atomic mass is 19.1. The predicted molar refractivity (Wildman–Crippen MR) is 66.5 cm³/mol. The summed E-state index contributed by atoms with van der Waals surface area (Å²) >= 11 is 0. The van der Waals surface area contributed by atoms with Crippen LogP contribution in [-0.2, 0) is 11.2 Å². The Kier molecular flexibility index (Phi) is 3.94. The van der Waals surface area contributed by atoms with Crippen molar-refractivity contribution in [3.05, 3.63) is 35.8 Å². The molecule has 1 aromatic heterocycles. The first-order valence-corrected chi connectivity index (χ1v) is 5.80. The lowest BCUT2D eigenvalue weighted by Crippen LogP contribution is -1.99. The molecule has 0 aliphatic heterocycles. The highest BCUT2D eigenvalue weighted by Gasteiger charge is 2.18. The number of aromatic nitrogens is 1. The average Bonchev–Trinajstić information content (AvgIpc) is 2.72. The fourth-order valence-corrected chi connectivity index (χ4v) is 1.77. The Balaban J connectivity index is 2.32. The summed E-state index contributed by atoms with van der Waals surface area (Å²) in [7, 11) is 0. The van der Waals surface area contributed by atoms with E-state index in [-0.39, 0.29) is 11.6 Å². The molecular formula is C13H15FN2O2. The maximum atomic E-state index is 13.7. The van der Waals surface area contributed by atoms with Gasteiger partial charge in [-0.15, -0.1) is 0 Å². The highest BCUT2D eigenvalue weighted by molar-refractivity contribution is 5.75. The summed E-state index contributed by atoms with van der Waals surface area (Å²) < 4.78 is 24.1. The molecule has 0 radical (unpaired) electrons. The van der Waals surface area contributed by atoms with Gasteiger partial charge in [0.25, 0.3) is 0 Å². The largest absolute Gasteiger partial charge is 0.381 e.